The Morgan fingerprint density at radius 3 is 2.76 bits per heavy atom. The highest BCUT2D eigenvalue weighted by molar-refractivity contribution is 9.10. The number of amides is 1. The molecule has 0 saturated carbocycles. The molecule has 0 aliphatic heterocycles. The quantitative estimate of drug-likeness (QED) is 0.519. The van der Waals surface area contributed by atoms with E-state index in [9.17, 15) is 14.7 Å². The molecule has 0 aliphatic carbocycles. The second kappa shape index (κ2) is 6.86. The molecule has 25 heavy (non-hydrogen) atoms. The number of phenols is 1. The van der Waals surface area contributed by atoms with E-state index in [2.05, 4.69) is 31.6 Å². The number of hydrazone groups is 1. The summed E-state index contributed by atoms with van der Waals surface area (Å²) in [5.41, 5.74) is 2.61. The third-order valence-corrected chi connectivity index (χ3v) is 4.02. The first-order valence-corrected chi connectivity index (χ1v) is 8.04. The van der Waals surface area contributed by atoms with Crippen molar-refractivity contribution in [2.24, 2.45) is 12.1 Å². The van der Waals surface area contributed by atoms with Crippen LogP contribution in [0.25, 0.3) is 10.8 Å². The van der Waals surface area contributed by atoms with Crippen molar-refractivity contribution in [2.75, 3.05) is 0 Å². The van der Waals surface area contributed by atoms with Crippen LogP contribution in [-0.2, 0) is 7.05 Å². The Balaban J connectivity index is 1.91. The minimum Gasteiger partial charge on any atom is -0.507 e. The van der Waals surface area contributed by atoms with Gasteiger partial charge in [-0.25, -0.2) is 10.1 Å². The van der Waals surface area contributed by atoms with Gasteiger partial charge in [0.05, 0.1) is 11.6 Å². The van der Waals surface area contributed by atoms with Gasteiger partial charge in [0.1, 0.15) is 5.75 Å². The highest BCUT2D eigenvalue weighted by Crippen LogP contribution is 2.20. The van der Waals surface area contributed by atoms with Crippen LogP contribution in [0, 0.1) is 0 Å². The topological polar surface area (TPSA) is 96.6 Å². The molecule has 0 spiro atoms. The van der Waals surface area contributed by atoms with Crippen LogP contribution in [0.1, 0.15) is 16.1 Å². The summed E-state index contributed by atoms with van der Waals surface area (Å²) in [5, 5.41) is 18.5. The van der Waals surface area contributed by atoms with Crippen molar-refractivity contribution in [3.8, 4) is 5.75 Å². The van der Waals surface area contributed by atoms with Crippen molar-refractivity contribution < 1.29 is 9.90 Å². The smallest absolute Gasteiger partial charge is 0.292 e. The number of aromatic nitrogens is 2. The standard InChI is InChI=1S/C17H13BrN4O3/c1-22-17(25)13-5-3-2-4-12(13)15(21-22)16(24)20-19-9-10-8-11(18)6-7-14(10)23/h2-9,23H,1H3,(H,20,24)/b19-9+. The average Bonchev–Trinajstić information content (AvgIpc) is 2.61. The van der Waals surface area contributed by atoms with Crippen LogP contribution in [-0.4, -0.2) is 27.0 Å². The van der Waals surface area contributed by atoms with Crippen LogP contribution in [0.3, 0.4) is 0 Å². The summed E-state index contributed by atoms with van der Waals surface area (Å²) in [4.78, 5) is 24.5. The zero-order valence-corrected chi connectivity index (χ0v) is 14.7. The first-order chi connectivity index (χ1) is 12.0. The van der Waals surface area contributed by atoms with Crippen LogP contribution in [0.5, 0.6) is 5.75 Å². The van der Waals surface area contributed by atoms with Gasteiger partial charge in [-0.2, -0.15) is 10.2 Å². The predicted molar refractivity (Wildman–Crippen MR) is 97.9 cm³/mol. The Morgan fingerprint density at radius 1 is 1.28 bits per heavy atom. The van der Waals surface area contributed by atoms with Crippen LogP contribution in [0.4, 0.5) is 0 Å². The molecule has 7 nitrogen and oxygen atoms in total. The maximum absolute atomic E-state index is 12.4. The summed E-state index contributed by atoms with van der Waals surface area (Å²) >= 11 is 3.29. The number of hydrogen-bond donors (Lipinski definition) is 2. The molecule has 0 atom stereocenters. The summed E-state index contributed by atoms with van der Waals surface area (Å²) in [6.07, 6.45) is 1.32. The molecule has 2 aromatic carbocycles. The fraction of sp³-hybridized carbons (Fsp3) is 0.0588. The van der Waals surface area contributed by atoms with Crippen LogP contribution >= 0.6 is 15.9 Å². The average molecular weight is 401 g/mol. The number of fused-ring (bicyclic) bond motifs is 1. The van der Waals surface area contributed by atoms with E-state index in [0.717, 1.165) is 9.15 Å². The molecule has 8 heteroatoms. The van der Waals surface area contributed by atoms with E-state index in [-0.39, 0.29) is 17.0 Å². The summed E-state index contributed by atoms with van der Waals surface area (Å²) in [5.74, 6) is -0.524. The second-order valence-corrected chi connectivity index (χ2v) is 6.14. The molecule has 0 fully saturated rings. The lowest BCUT2D eigenvalue weighted by Gasteiger charge is -2.06. The minimum absolute atomic E-state index is 0.0341. The van der Waals surface area contributed by atoms with E-state index >= 15 is 0 Å². The third-order valence-electron chi connectivity index (χ3n) is 3.53. The Kier molecular flexibility index (Phi) is 4.62. The number of aromatic hydroxyl groups is 1. The van der Waals surface area contributed by atoms with Gasteiger partial charge in [-0.15, -0.1) is 0 Å². The fourth-order valence-corrected chi connectivity index (χ4v) is 2.69. The monoisotopic (exact) mass is 400 g/mol. The van der Waals surface area contributed by atoms with Crippen molar-refractivity contribution in [3.05, 3.63) is 68.5 Å². The Morgan fingerprint density at radius 2 is 2.00 bits per heavy atom. The Bertz CT molecular complexity index is 1060. The summed E-state index contributed by atoms with van der Waals surface area (Å²) in [6, 6.07) is 11.6. The molecular weight excluding hydrogens is 388 g/mol. The highest BCUT2D eigenvalue weighted by atomic mass is 79.9. The van der Waals surface area contributed by atoms with Crippen molar-refractivity contribution in [3.63, 3.8) is 0 Å². The molecular formula is C17H13BrN4O3. The van der Waals surface area contributed by atoms with Crippen molar-refractivity contribution >= 4 is 38.8 Å². The van der Waals surface area contributed by atoms with Gasteiger partial charge in [-0.3, -0.25) is 9.59 Å². The van der Waals surface area contributed by atoms with E-state index in [1.165, 1.54) is 19.3 Å². The van der Waals surface area contributed by atoms with Gasteiger partial charge < -0.3 is 5.11 Å². The molecule has 1 heterocycles. The number of aryl methyl sites for hydroxylation is 1. The SMILES string of the molecule is Cn1nc(C(=O)N/N=C/c2cc(Br)ccc2O)c2ccccc2c1=O. The van der Waals surface area contributed by atoms with Gasteiger partial charge in [0.15, 0.2) is 5.69 Å². The number of carbonyl (C=O) groups excluding carboxylic acids is 1. The minimum atomic E-state index is -0.558. The van der Waals surface area contributed by atoms with Crippen LogP contribution in [0.15, 0.2) is 56.8 Å². The first kappa shape index (κ1) is 16.8. The van der Waals surface area contributed by atoms with Gasteiger partial charge in [0, 0.05) is 22.5 Å². The molecule has 1 amide bonds. The van der Waals surface area contributed by atoms with E-state index in [0.29, 0.717) is 16.3 Å². The van der Waals surface area contributed by atoms with Gasteiger partial charge in [-0.1, -0.05) is 34.1 Å². The van der Waals surface area contributed by atoms with E-state index < -0.39 is 5.91 Å². The zero-order chi connectivity index (χ0) is 18.0. The van der Waals surface area contributed by atoms with E-state index in [1.54, 1.807) is 36.4 Å². The summed E-state index contributed by atoms with van der Waals surface area (Å²) in [7, 11) is 1.48. The molecule has 0 bridgehead atoms. The Labute approximate surface area is 150 Å². The van der Waals surface area contributed by atoms with E-state index in [4.69, 9.17) is 0 Å². The van der Waals surface area contributed by atoms with Gasteiger partial charge >= 0.3 is 0 Å². The molecule has 3 rings (SSSR count). The maximum atomic E-state index is 12.4. The largest absolute Gasteiger partial charge is 0.507 e. The highest BCUT2D eigenvalue weighted by Gasteiger charge is 2.14. The molecule has 1 aromatic heterocycles. The number of rotatable bonds is 3. The molecule has 0 saturated heterocycles. The number of carbonyl (C=O) groups is 1. The molecule has 2 N–H and O–H groups in total. The van der Waals surface area contributed by atoms with E-state index in [1.807, 2.05) is 0 Å². The second-order valence-electron chi connectivity index (χ2n) is 5.23. The number of halogens is 1. The lowest BCUT2D eigenvalue weighted by Crippen LogP contribution is -2.27. The number of nitrogens with zero attached hydrogens (tertiary/aromatic N) is 3. The molecule has 0 radical (unpaired) electrons. The maximum Gasteiger partial charge on any atom is 0.292 e. The lowest BCUT2D eigenvalue weighted by atomic mass is 10.1. The van der Waals surface area contributed by atoms with Crippen LogP contribution < -0.4 is 11.0 Å². The molecule has 3 aromatic rings. The van der Waals surface area contributed by atoms with Gasteiger partial charge in [0.25, 0.3) is 11.5 Å². The fourth-order valence-electron chi connectivity index (χ4n) is 2.31. The number of hydrogen-bond acceptors (Lipinski definition) is 5. The van der Waals surface area contributed by atoms with Crippen molar-refractivity contribution in [2.45, 2.75) is 0 Å². The molecule has 0 unspecified atom stereocenters. The van der Waals surface area contributed by atoms with Gasteiger partial charge in [0.2, 0.25) is 0 Å². The number of nitrogens with one attached hydrogen (secondary N) is 1. The third kappa shape index (κ3) is 3.43. The normalized spacial score (nSPS) is 11.1. The van der Waals surface area contributed by atoms with Crippen LogP contribution in [0.2, 0.25) is 0 Å². The Hall–Kier alpha value is -3.00. The van der Waals surface area contributed by atoms with Crippen molar-refractivity contribution in [1.82, 2.24) is 15.2 Å². The lowest BCUT2D eigenvalue weighted by molar-refractivity contribution is 0.0950. The van der Waals surface area contributed by atoms with Gasteiger partial charge in [-0.05, 0) is 24.3 Å². The van der Waals surface area contributed by atoms with Crippen molar-refractivity contribution in [1.29, 1.82) is 0 Å². The summed E-state index contributed by atoms with van der Waals surface area (Å²) < 4.78 is 1.88. The summed E-state index contributed by atoms with van der Waals surface area (Å²) in [6.45, 7) is 0. The first-order valence-electron chi connectivity index (χ1n) is 7.25. The zero-order valence-electron chi connectivity index (χ0n) is 13.1. The number of benzene rings is 2. The predicted octanol–water partition coefficient (Wildman–Crippen LogP) is 2.17. The molecule has 126 valence electrons. The number of phenolic OH excluding ortho intramolecular Hbond substituents is 1. The molecule has 0 aliphatic rings.